The van der Waals surface area contributed by atoms with Crippen molar-refractivity contribution >= 4 is 46.0 Å². The molecule has 118 valence electrons. The molecule has 1 heterocycles. The summed E-state index contributed by atoms with van der Waals surface area (Å²) >= 11 is 5.24. The van der Waals surface area contributed by atoms with Gasteiger partial charge < -0.3 is 10.6 Å². The Hall–Kier alpha value is -0.230. The summed E-state index contributed by atoms with van der Waals surface area (Å²) in [7, 11) is 0. The van der Waals surface area contributed by atoms with E-state index in [-0.39, 0.29) is 24.4 Å². The summed E-state index contributed by atoms with van der Waals surface area (Å²) in [4.78, 5) is 13.2. The molecule has 0 aliphatic carbocycles. The van der Waals surface area contributed by atoms with Gasteiger partial charge >= 0.3 is 0 Å². The van der Waals surface area contributed by atoms with E-state index >= 15 is 0 Å². The Morgan fingerprint density at radius 3 is 2.95 bits per heavy atom. The number of nitrogens with one attached hydrogen (secondary N) is 2. The van der Waals surface area contributed by atoms with Gasteiger partial charge in [0.05, 0.1) is 0 Å². The molecule has 1 amide bonds. The zero-order chi connectivity index (χ0) is 14.4. The molecule has 1 saturated heterocycles. The zero-order valence-corrected chi connectivity index (χ0v) is 15.3. The number of amides is 1. The Balaban J connectivity index is 0.00000220. The van der Waals surface area contributed by atoms with Gasteiger partial charge in [-0.05, 0) is 46.9 Å². The minimum atomic E-state index is 0. The summed E-state index contributed by atoms with van der Waals surface area (Å²) < 4.78 is 1.09. The van der Waals surface area contributed by atoms with E-state index < -0.39 is 0 Å². The van der Waals surface area contributed by atoms with Crippen LogP contribution >= 0.6 is 40.1 Å². The second-order valence-electron chi connectivity index (χ2n) is 5.17. The van der Waals surface area contributed by atoms with Crippen molar-refractivity contribution in [2.45, 2.75) is 30.7 Å². The first kappa shape index (κ1) is 18.8. The van der Waals surface area contributed by atoms with Crippen molar-refractivity contribution in [3.8, 4) is 0 Å². The molecule has 2 N–H and O–H groups in total. The third kappa shape index (κ3) is 6.19. The molecule has 21 heavy (non-hydrogen) atoms. The summed E-state index contributed by atoms with van der Waals surface area (Å²) in [5.74, 6) is 1.53. The first-order valence-electron chi connectivity index (χ1n) is 7.04. The third-order valence-electron chi connectivity index (χ3n) is 3.60. The van der Waals surface area contributed by atoms with Crippen LogP contribution in [-0.2, 0) is 4.79 Å². The standard InChI is InChI=1S/C15H21BrN2OS.ClH/c1-11-6-8-17-10-13(11)18-15(19)7-9-20-14-5-3-2-4-12(14)16;/h2-5,11,13,17H,6-10H2,1H3,(H,18,19);1H. The van der Waals surface area contributed by atoms with E-state index in [2.05, 4.69) is 39.6 Å². The van der Waals surface area contributed by atoms with Crippen LogP contribution in [0.3, 0.4) is 0 Å². The van der Waals surface area contributed by atoms with Gasteiger partial charge in [-0.25, -0.2) is 0 Å². The summed E-state index contributed by atoms with van der Waals surface area (Å²) in [5.41, 5.74) is 0. The number of benzene rings is 1. The van der Waals surface area contributed by atoms with Gasteiger partial charge in [0.1, 0.15) is 0 Å². The van der Waals surface area contributed by atoms with Crippen molar-refractivity contribution in [2.75, 3.05) is 18.8 Å². The molecule has 1 aromatic carbocycles. The van der Waals surface area contributed by atoms with E-state index in [0.29, 0.717) is 12.3 Å². The maximum Gasteiger partial charge on any atom is 0.221 e. The predicted molar refractivity (Wildman–Crippen MR) is 95.3 cm³/mol. The van der Waals surface area contributed by atoms with Crippen LogP contribution in [0.25, 0.3) is 0 Å². The molecule has 3 nitrogen and oxygen atoms in total. The van der Waals surface area contributed by atoms with Gasteiger partial charge in [0, 0.05) is 34.1 Å². The van der Waals surface area contributed by atoms with Crippen LogP contribution in [0.15, 0.2) is 33.6 Å². The fourth-order valence-corrected chi connectivity index (χ4v) is 3.79. The van der Waals surface area contributed by atoms with Crippen LogP contribution in [0.2, 0.25) is 0 Å². The molecule has 0 aromatic heterocycles. The van der Waals surface area contributed by atoms with Gasteiger partial charge in [-0.3, -0.25) is 4.79 Å². The maximum atomic E-state index is 12.0. The van der Waals surface area contributed by atoms with Crippen LogP contribution in [0.5, 0.6) is 0 Å². The average Bonchev–Trinajstić information content (AvgIpc) is 2.43. The monoisotopic (exact) mass is 392 g/mol. The van der Waals surface area contributed by atoms with Gasteiger partial charge in [-0.2, -0.15) is 0 Å². The number of hydrogen-bond donors (Lipinski definition) is 2. The summed E-state index contributed by atoms with van der Waals surface area (Å²) in [6.45, 7) is 4.16. The molecule has 1 aliphatic rings. The summed E-state index contributed by atoms with van der Waals surface area (Å²) in [5, 5.41) is 6.48. The Bertz CT molecular complexity index is 461. The minimum absolute atomic E-state index is 0. The molecular weight excluding hydrogens is 372 g/mol. The van der Waals surface area contributed by atoms with Crippen molar-refractivity contribution < 1.29 is 4.79 Å². The SMILES string of the molecule is CC1CCNCC1NC(=O)CCSc1ccccc1Br.Cl. The molecular formula is C15H22BrClN2OS. The molecule has 0 bridgehead atoms. The highest BCUT2D eigenvalue weighted by Gasteiger charge is 2.22. The molecule has 2 unspecified atom stereocenters. The van der Waals surface area contributed by atoms with Crippen LogP contribution in [0.1, 0.15) is 19.8 Å². The van der Waals surface area contributed by atoms with E-state index in [1.165, 1.54) is 4.90 Å². The van der Waals surface area contributed by atoms with Crippen molar-refractivity contribution in [1.82, 2.24) is 10.6 Å². The van der Waals surface area contributed by atoms with E-state index in [9.17, 15) is 4.79 Å². The van der Waals surface area contributed by atoms with E-state index in [1.807, 2.05) is 18.2 Å². The number of carbonyl (C=O) groups is 1. The smallest absolute Gasteiger partial charge is 0.221 e. The highest BCUT2D eigenvalue weighted by atomic mass is 79.9. The summed E-state index contributed by atoms with van der Waals surface area (Å²) in [6.07, 6.45) is 1.70. The van der Waals surface area contributed by atoms with Crippen molar-refractivity contribution in [3.63, 3.8) is 0 Å². The average molecular weight is 394 g/mol. The van der Waals surface area contributed by atoms with Gasteiger partial charge in [-0.1, -0.05) is 19.1 Å². The second kappa shape index (κ2) is 9.72. The number of thioether (sulfide) groups is 1. The highest BCUT2D eigenvalue weighted by Crippen LogP contribution is 2.27. The molecule has 6 heteroatoms. The fraction of sp³-hybridized carbons (Fsp3) is 0.533. The first-order chi connectivity index (χ1) is 9.66. The molecule has 0 spiro atoms. The largest absolute Gasteiger partial charge is 0.352 e. The van der Waals surface area contributed by atoms with E-state index in [4.69, 9.17) is 0 Å². The van der Waals surface area contributed by atoms with E-state index in [1.54, 1.807) is 11.8 Å². The first-order valence-corrected chi connectivity index (χ1v) is 8.82. The van der Waals surface area contributed by atoms with Crippen LogP contribution < -0.4 is 10.6 Å². The molecule has 1 aromatic rings. The Morgan fingerprint density at radius 1 is 1.48 bits per heavy atom. The third-order valence-corrected chi connectivity index (χ3v) is 5.63. The number of piperidine rings is 1. The highest BCUT2D eigenvalue weighted by molar-refractivity contribution is 9.10. The molecule has 1 aliphatic heterocycles. The zero-order valence-electron chi connectivity index (χ0n) is 12.1. The Kier molecular flexibility index (Phi) is 8.71. The number of carbonyl (C=O) groups excluding carboxylic acids is 1. The fourth-order valence-electron chi connectivity index (χ4n) is 2.28. The Labute approximate surface area is 145 Å². The quantitative estimate of drug-likeness (QED) is 0.753. The van der Waals surface area contributed by atoms with Crippen LogP contribution in [0.4, 0.5) is 0 Å². The lowest BCUT2D eigenvalue weighted by atomic mass is 9.95. The van der Waals surface area contributed by atoms with Gasteiger partial charge in [0.15, 0.2) is 0 Å². The number of halogens is 2. The molecule has 1 fully saturated rings. The molecule has 0 radical (unpaired) electrons. The number of hydrogen-bond acceptors (Lipinski definition) is 3. The molecule has 2 rings (SSSR count). The van der Waals surface area contributed by atoms with Gasteiger partial charge in [0.2, 0.25) is 5.91 Å². The van der Waals surface area contributed by atoms with Crippen molar-refractivity contribution in [1.29, 1.82) is 0 Å². The van der Waals surface area contributed by atoms with Gasteiger partial charge in [-0.15, -0.1) is 24.2 Å². The number of rotatable bonds is 5. The van der Waals surface area contributed by atoms with Gasteiger partial charge in [0.25, 0.3) is 0 Å². The minimum Gasteiger partial charge on any atom is -0.352 e. The lowest BCUT2D eigenvalue weighted by molar-refractivity contribution is -0.121. The second-order valence-corrected chi connectivity index (χ2v) is 7.16. The lowest BCUT2D eigenvalue weighted by Gasteiger charge is -2.30. The van der Waals surface area contributed by atoms with Crippen molar-refractivity contribution in [2.24, 2.45) is 5.92 Å². The van der Waals surface area contributed by atoms with Crippen LogP contribution in [0, 0.1) is 5.92 Å². The molecule has 2 atom stereocenters. The topological polar surface area (TPSA) is 41.1 Å². The normalized spacial score (nSPS) is 21.4. The van der Waals surface area contributed by atoms with Crippen molar-refractivity contribution in [3.05, 3.63) is 28.7 Å². The lowest BCUT2D eigenvalue weighted by Crippen LogP contribution is -2.50. The predicted octanol–water partition coefficient (Wildman–Crippen LogP) is 3.47. The van der Waals surface area contributed by atoms with Crippen LogP contribution in [-0.4, -0.2) is 30.8 Å². The summed E-state index contributed by atoms with van der Waals surface area (Å²) in [6, 6.07) is 8.39. The Morgan fingerprint density at radius 2 is 2.24 bits per heavy atom. The molecule has 0 saturated carbocycles. The van der Waals surface area contributed by atoms with E-state index in [0.717, 1.165) is 29.7 Å². The maximum absolute atomic E-state index is 12.0.